The predicted octanol–water partition coefficient (Wildman–Crippen LogP) is 4.21. The molecular formula is C30H25N5O4. The molecule has 2 N–H and O–H groups in total. The van der Waals surface area contributed by atoms with Crippen molar-refractivity contribution in [3.63, 3.8) is 0 Å². The van der Waals surface area contributed by atoms with Crippen molar-refractivity contribution in [2.24, 2.45) is 5.73 Å². The number of carbonyl (C=O) groups is 2. The van der Waals surface area contributed by atoms with Gasteiger partial charge in [-0.05, 0) is 42.3 Å². The summed E-state index contributed by atoms with van der Waals surface area (Å²) in [5.74, 6) is -2.48. The van der Waals surface area contributed by atoms with E-state index in [1.54, 1.807) is 36.4 Å². The smallest absolute Gasteiger partial charge is 0.355 e. The fourth-order valence-corrected chi connectivity index (χ4v) is 4.79. The van der Waals surface area contributed by atoms with Crippen LogP contribution in [0.3, 0.4) is 0 Å². The highest BCUT2D eigenvalue weighted by Crippen LogP contribution is 2.43. The van der Waals surface area contributed by atoms with E-state index in [-0.39, 0.29) is 22.7 Å². The van der Waals surface area contributed by atoms with Crippen LogP contribution in [0.15, 0.2) is 102 Å². The Balaban J connectivity index is 1.67. The van der Waals surface area contributed by atoms with Crippen LogP contribution in [0.4, 0.5) is 5.69 Å². The molecule has 1 aliphatic heterocycles. The summed E-state index contributed by atoms with van der Waals surface area (Å²) in [4.78, 5) is 32.5. The maximum absolute atomic E-state index is 13.2. The first kappa shape index (κ1) is 25.3. The highest BCUT2D eigenvalue weighted by molar-refractivity contribution is 6.06. The molecule has 39 heavy (non-hydrogen) atoms. The van der Waals surface area contributed by atoms with Gasteiger partial charge in [0.2, 0.25) is 0 Å². The number of ether oxygens (including phenoxy) is 2. The minimum Gasteiger partial charge on any atom is -0.466 e. The zero-order chi connectivity index (χ0) is 27.7. The molecule has 0 saturated heterocycles. The molecule has 0 amide bonds. The van der Waals surface area contributed by atoms with Gasteiger partial charge in [0, 0.05) is 23.6 Å². The average molecular weight is 520 g/mol. The Morgan fingerprint density at radius 2 is 1.69 bits per heavy atom. The number of rotatable bonds is 5. The van der Waals surface area contributed by atoms with E-state index in [9.17, 15) is 14.9 Å². The second-order valence-corrected chi connectivity index (χ2v) is 8.98. The van der Waals surface area contributed by atoms with Crippen LogP contribution in [-0.4, -0.2) is 35.5 Å². The van der Waals surface area contributed by atoms with E-state index in [0.29, 0.717) is 11.3 Å². The summed E-state index contributed by atoms with van der Waals surface area (Å²) < 4.78 is 12.1. The van der Waals surface area contributed by atoms with Gasteiger partial charge >= 0.3 is 11.9 Å². The van der Waals surface area contributed by atoms with Gasteiger partial charge in [-0.2, -0.15) is 5.26 Å². The lowest BCUT2D eigenvalue weighted by Gasteiger charge is -2.35. The number of fused-ring (bicyclic) bond motifs is 1. The summed E-state index contributed by atoms with van der Waals surface area (Å²) in [5.41, 5.74) is 11.1. The zero-order valence-corrected chi connectivity index (χ0v) is 21.6. The van der Waals surface area contributed by atoms with Crippen LogP contribution < -0.4 is 10.6 Å². The molecule has 9 heteroatoms. The van der Waals surface area contributed by atoms with Crippen LogP contribution in [-0.2, 0) is 19.1 Å². The van der Waals surface area contributed by atoms with Gasteiger partial charge in [-0.1, -0.05) is 42.5 Å². The first-order valence-electron chi connectivity index (χ1n) is 12.1. The van der Waals surface area contributed by atoms with E-state index < -0.39 is 17.9 Å². The summed E-state index contributed by atoms with van der Waals surface area (Å²) in [7, 11) is 2.43. The molecule has 2 aromatic heterocycles. The van der Waals surface area contributed by atoms with Gasteiger partial charge in [0.1, 0.15) is 17.2 Å². The van der Waals surface area contributed by atoms with Crippen LogP contribution in [0.2, 0.25) is 0 Å². The fourth-order valence-electron chi connectivity index (χ4n) is 4.79. The number of hydrogen-bond donors (Lipinski definition) is 1. The molecule has 0 bridgehead atoms. The molecular weight excluding hydrogens is 494 g/mol. The number of nitrogens with two attached hydrogens (primary N) is 1. The summed E-state index contributed by atoms with van der Waals surface area (Å²) in [5, 5.41) is 10.2. The number of pyridine rings is 1. The van der Waals surface area contributed by atoms with Crippen LogP contribution in [0.1, 0.15) is 17.0 Å². The van der Waals surface area contributed by atoms with E-state index in [1.807, 2.05) is 54.0 Å². The molecule has 0 spiro atoms. The summed E-state index contributed by atoms with van der Waals surface area (Å²) in [6.07, 6.45) is 3.87. The third-order valence-corrected chi connectivity index (χ3v) is 6.65. The van der Waals surface area contributed by atoms with E-state index in [1.165, 1.54) is 19.1 Å². The second kappa shape index (κ2) is 10.2. The first-order chi connectivity index (χ1) is 18.9. The normalized spacial score (nSPS) is 15.3. The van der Waals surface area contributed by atoms with Crippen molar-refractivity contribution in [3.8, 4) is 17.3 Å². The minimum atomic E-state index is -0.922. The van der Waals surface area contributed by atoms with Gasteiger partial charge in [-0.15, -0.1) is 0 Å². The largest absolute Gasteiger partial charge is 0.466 e. The third kappa shape index (κ3) is 4.38. The molecule has 0 saturated carbocycles. The van der Waals surface area contributed by atoms with Gasteiger partial charge in [0.05, 0.1) is 43.0 Å². The molecule has 1 unspecified atom stereocenters. The monoisotopic (exact) mass is 519 g/mol. The predicted molar refractivity (Wildman–Crippen MR) is 145 cm³/mol. The first-order valence-corrected chi connectivity index (χ1v) is 12.1. The Labute approximate surface area is 225 Å². The molecule has 9 nitrogen and oxygen atoms in total. The molecule has 3 heterocycles. The second-order valence-electron chi connectivity index (χ2n) is 8.98. The minimum absolute atomic E-state index is 0.00959. The highest BCUT2D eigenvalue weighted by atomic mass is 16.5. The van der Waals surface area contributed by atoms with Crippen LogP contribution in [0.25, 0.3) is 16.9 Å². The standard InChI is InChI=1S/C30H25N5O4/c1-18-13-14-34-17-23(33-24(34)15-18)19-9-11-21(12-10-19)35-27(30(37)39-3)26(29(36)38-2)25(22(16-31)28(35)32)20-7-5-4-6-8-20/h4-15,17,25H,32H2,1-3H3. The fraction of sp³-hybridized carbons (Fsp3) is 0.133. The summed E-state index contributed by atoms with van der Waals surface area (Å²) in [6, 6.07) is 22.2. The van der Waals surface area contributed by atoms with Crippen molar-refractivity contribution >= 4 is 23.3 Å². The lowest BCUT2D eigenvalue weighted by molar-refractivity contribution is -0.139. The molecule has 5 rings (SSSR count). The number of methoxy groups -OCH3 is 2. The molecule has 1 atom stereocenters. The van der Waals surface area contributed by atoms with E-state index in [4.69, 9.17) is 20.2 Å². The lowest BCUT2D eigenvalue weighted by Crippen LogP contribution is -2.40. The van der Waals surface area contributed by atoms with Gasteiger partial charge in [0.15, 0.2) is 0 Å². The number of allylic oxidation sites excluding steroid dienone is 1. The Morgan fingerprint density at radius 3 is 2.33 bits per heavy atom. The lowest BCUT2D eigenvalue weighted by atomic mass is 9.81. The molecule has 2 aromatic carbocycles. The Hall–Kier alpha value is -5.36. The van der Waals surface area contributed by atoms with E-state index in [2.05, 4.69) is 6.07 Å². The number of hydrogen-bond acceptors (Lipinski definition) is 8. The highest BCUT2D eigenvalue weighted by Gasteiger charge is 2.42. The van der Waals surface area contributed by atoms with Crippen molar-refractivity contribution in [2.45, 2.75) is 12.8 Å². The van der Waals surface area contributed by atoms with Crippen LogP contribution >= 0.6 is 0 Å². The third-order valence-electron chi connectivity index (χ3n) is 6.65. The SMILES string of the molecule is COC(=O)C1=C(C(=O)OC)N(c2ccc(-c3cn4ccc(C)cc4n3)cc2)C(N)=C(C#N)C1c1ccccc1. The number of anilines is 1. The van der Waals surface area contributed by atoms with Gasteiger partial charge in [-0.3, -0.25) is 4.90 Å². The summed E-state index contributed by atoms with van der Waals surface area (Å²) in [6.45, 7) is 2.01. The molecule has 4 aromatic rings. The Bertz CT molecular complexity index is 1690. The molecule has 0 aliphatic carbocycles. The van der Waals surface area contributed by atoms with Gasteiger partial charge < -0.3 is 19.6 Å². The Kier molecular flexibility index (Phi) is 6.61. The number of imidazole rings is 1. The topological polar surface area (TPSA) is 123 Å². The number of carbonyl (C=O) groups excluding carboxylic acids is 2. The maximum Gasteiger partial charge on any atom is 0.355 e. The number of benzene rings is 2. The van der Waals surface area contributed by atoms with Crippen molar-refractivity contribution in [1.29, 1.82) is 5.26 Å². The summed E-state index contributed by atoms with van der Waals surface area (Å²) >= 11 is 0. The molecule has 0 fully saturated rings. The van der Waals surface area contributed by atoms with E-state index >= 15 is 0 Å². The number of aromatic nitrogens is 2. The molecule has 0 radical (unpaired) electrons. The average Bonchev–Trinajstić information content (AvgIpc) is 3.39. The Morgan fingerprint density at radius 1 is 1.00 bits per heavy atom. The van der Waals surface area contributed by atoms with Crippen molar-refractivity contribution in [3.05, 3.63) is 113 Å². The number of nitrogens with zero attached hydrogens (tertiary/aromatic N) is 4. The molecule has 1 aliphatic rings. The van der Waals surface area contributed by atoms with Crippen molar-refractivity contribution < 1.29 is 19.1 Å². The van der Waals surface area contributed by atoms with Crippen LogP contribution in [0.5, 0.6) is 0 Å². The number of aryl methyl sites for hydroxylation is 1. The maximum atomic E-state index is 13.2. The van der Waals surface area contributed by atoms with E-state index in [0.717, 1.165) is 22.5 Å². The molecule has 194 valence electrons. The van der Waals surface area contributed by atoms with Gasteiger partial charge in [-0.25, -0.2) is 14.6 Å². The van der Waals surface area contributed by atoms with Crippen molar-refractivity contribution in [2.75, 3.05) is 19.1 Å². The van der Waals surface area contributed by atoms with Crippen LogP contribution in [0, 0.1) is 18.3 Å². The number of nitriles is 1. The quantitative estimate of drug-likeness (QED) is 0.389. The van der Waals surface area contributed by atoms with Gasteiger partial charge in [0.25, 0.3) is 0 Å². The van der Waals surface area contributed by atoms with Crippen molar-refractivity contribution in [1.82, 2.24) is 9.38 Å². The number of esters is 2. The zero-order valence-electron chi connectivity index (χ0n) is 21.6.